The van der Waals surface area contributed by atoms with Crippen molar-refractivity contribution in [1.82, 2.24) is 9.55 Å². The number of hydrogen-bond donors (Lipinski definition) is 1. The summed E-state index contributed by atoms with van der Waals surface area (Å²) in [6.07, 6.45) is 17.8. The zero-order chi connectivity index (χ0) is 25.6. The molecule has 0 unspecified atom stereocenters. The average molecular weight is 501 g/mol. The maximum absolute atomic E-state index is 13.8. The lowest BCUT2D eigenvalue weighted by Crippen LogP contribution is -2.50. The van der Waals surface area contributed by atoms with Crippen LogP contribution in [0.5, 0.6) is 5.75 Å². The predicted octanol–water partition coefficient (Wildman–Crippen LogP) is 6.24. The molecule has 6 rings (SSSR count). The lowest BCUT2D eigenvalue weighted by atomic mass is 9.48. The van der Waals surface area contributed by atoms with Gasteiger partial charge in [0, 0.05) is 24.4 Å². The van der Waals surface area contributed by atoms with E-state index in [-0.39, 0.29) is 16.9 Å². The molecule has 1 aromatic heterocycles. The van der Waals surface area contributed by atoms with Crippen molar-refractivity contribution in [3.63, 3.8) is 0 Å². The molecule has 196 valence electrons. The van der Waals surface area contributed by atoms with Gasteiger partial charge >= 0.3 is 0 Å². The van der Waals surface area contributed by atoms with Gasteiger partial charge in [-0.3, -0.25) is 4.79 Å². The average Bonchev–Trinajstić information content (AvgIpc) is 3.49. The number of aliphatic hydroxyl groups excluding tert-OH is 1. The smallest absolute Gasteiger partial charge is 0.165 e. The molecule has 0 radical (unpaired) electrons. The summed E-state index contributed by atoms with van der Waals surface area (Å²) in [7, 11) is 0. The fourth-order valence-corrected chi connectivity index (χ4v) is 8.19. The van der Waals surface area contributed by atoms with Gasteiger partial charge in [0.25, 0.3) is 0 Å². The number of imidazole rings is 1. The zero-order valence-corrected chi connectivity index (χ0v) is 22.2. The third-order valence-electron chi connectivity index (χ3n) is 10.3. The van der Waals surface area contributed by atoms with Crippen molar-refractivity contribution in [2.75, 3.05) is 6.61 Å². The number of aliphatic hydroxyl groups is 1. The Morgan fingerprint density at radius 1 is 1.16 bits per heavy atom. The minimum Gasteiger partial charge on any atom is -0.494 e. The number of carbonyl (C=O) groups is 1. The monoisotopic (exact) mass is 500 g/mol. The second-order valence-electron chi connectivity index (χ2n) is 12.4. The molecule has 1 N–H and O–H groups in total. The quantitative estimate of drug-likeness (QED) is 0.290. The van der Waals surface area contributed by atoms with Crippen molar-refractivity contribution in [3.05, 3.63) is 65.8 Å². The lowest BCUT2D eigenvalue weighted by molar-refractivity contribution is -0.130. The van der Waals surface area contributed by atoms with Crippen LogP contribution in [-0.2, 0) is 11.3 Å². The first-order chi connectivity index (χ1) is 17.9. The van der Waals surface area contributed by atoms with E-state index in [9.17, 15) is 9.90 Å². The molecule has 0 saturated heterocycles. The van der Waals surface area contributed by atoms with Gasteiger partial charge in [0.05, 0.1) is 19.0 Å². The van der Waals surface area contributed by atoms with Crippen LogP contribution in [0.4, 0.5) is 0 Å². The molecule has 37 heavy (non-hydrogen) atoms. The summed E-state index contributed by atoms with van der Waals surface area (Å²) in [6.45, 7) is 6.21. The summed E-state index contributed by atoms with van der Waals surface area (Å²) in [5, 5.41) is 10.3. The van der Waals surface area contributed by atoms with Crippen LogP contribution in [-0.4, -0.2) is 33.2 Å². The fourth-order valence-electron chi connectivity index (χ4n) is 8.19. The number of Topliss-reactive ketones (excluding diaryl/α,β-unsaturated/α-hetero) is 1. The predicted molar refractivity (Wildman–Crippen MR) is 145 cm³/mol. The summed E-state index contributed by atoms with van der Waals surface area (Å²) < 4.78 is 8.08. The van der Waals surface area contributed by atoms with E-state index in [2.05, 4.69) is 47.7 Å². The normalized spacial score (nSPS) is 36.0. The van der Waals surface area contributed by atoms with E-state index >= 15 is 0 Å². The van der Waals surface area contributed by atoms with Gasteiger partial charge in [-0.2, -0.15) is 0 Å². The van der Waals surface area contributed by atoms with Crippen molar-refractivity contribution < 1.29 is 14.6 Å². The molecule has 1 aromatic carbocycles. The molecular weight excluding hydrogens is 460 g/mol. The Morgan fingerprint density at radius 3 is 2.86 bits per heavy atom. The lowest BCUT2D eigenvalue weighted by Gasteiger charge is -2.56. The molecule has 4 aliphatic carbocycles. The summed E-state index contributed by atoms with van der Waals surface area (Å²) in [4.78, 5) is 17.9. The van der Waals surface area contributed by atoms with Gasteiger partial charge in [0.2, 0.25) is 0 Å². The van der Waals surface area contributed by atoms with E-state index in [1.807, 2.05) is 24.7 Å². The van der Waals surface area contributed by atoms with Crippen molar-refractivity contribution in [2.24, 2.45) is 28.6 Å². The topological polar surface area (TPSA) is 64.3 Å². The first kappa shape index (κ1) is 24.7. The van der Waals surface area contributed by atoms with Crippen LogP contribution in [0.25, 0.3) is 6.08 Å². The summed E-state index contributed by atoms with van der Waals surface area (Å²) >= 11 is 0. The summed E-state index contributed by atoms with van der Waals surface area (Å²) in [5.74, 6) is 2.81. The molecule has 0 spiro atoms. The highest BCUT2D eigenvalue weighted by Gasteiger charge is 2.59. The second kappa shape index (κ2) is 9.58. The highest BCUT2D eigenvalue weighted by Crippen LogP contribution is 2.64. The van der Waals surface area contributed by atoms with Gasteiger partial charge in [-0.1, -0.05) is 37.6 Å². The second-order valence-corrected chi connectivity index (χ2v) is 12.4. The van der Waals surface area contributed by atoms with Crippen LogP contribution in [0.15, 0.2) is 60.2 Å². The van der Waals surface area contributed by atoms with Gasteiger partial charge < -0.3 is 14.4 Å². The Bertz CT molecular complexity index is 1210. The third-order valence-corrected chi connectivity index (χ3v) is 10.3. The molecule has 0 amide bonds. The molecule has 1 heterocycles. The SMILES string of the molecule is C[C@]12CC[C@H](O)CC1=CC[C@@H]1[C@@H]2CC[C@]2(C)C(=O)/C(=C/c3cccc(OCCCn4ccnc4)c3)C[C@@H]12. The molecule has 2 aromatic rings. The van der Waals surface area contributed by atoms with Crippen LogP contribution < -0.4 is 4.74 Å². The van der Waals surface area contributed by atoms with Gasteiger partial charge in [-0.25, -0.2) is 4.98 Å². The maximum Gasteiger partial charge on any atom is 0.165 e. The maximum atomic E-state index is 13.8. The Hall–Kier alpha value is -2.66. The molecule has 5 nitrogen and oxygen atoms in total. The Labute approximate surface area is 220 Å². The Balaban J connectivity index is 1.17. The van der Waals surface area contributed by atoms with Crippen LogP contribution in [0, 0.1) is 28.6 Å². The zero-order valence-electron chi connectivity index (χ0n) is 22.2. The molecule has 3 fully saturated rings. The van der Waals surface area contributed by atoms with Crippen molar-refractivity contribution >= 4 is 11.9 Å². The number of allylic oxidation sites excluding steroid dienone is 2. The third kappa shape index (κ3) is 4.39. The minimum absolute atomic E-state index is 0.177. The number of aromatic nitrogens is 2. The molecule has 4 aliphatic rings. The summed E-state index contributed by atoms with van der Waals surface area (Å²) in [5.41, 5.74) is 3.48. The van der Waals surface area contributed by atoms with E-state index in [4.69, 9.17) is 4.74 Å². The number of nitrogens with zero attached hydrogens (tertiary/aromatic N) is 2. The van der Waals surface area contributed by atoms with Gasteiger partial charge in [-0.15, -0.1) is 0 Å². The van der Waals surface area contributed by atoms with E-state index in [0.717, 1.165) is 74.8 Å². The number of fused-ring (bicyclic) bond motifs is 5. The first-order valence-corrected chi connectivity index (χ1v) is 14.2. The molecule has 6 atom stereocenters. The molecular formula is C32H40N2O3. The van der Waals surface area contributed by atoms with E-state index in [0.29, 0.717) is 30.1 Å². The highest BCUT2D eigenvalue weighted by molar-refractivity contribution is 6.06. The summed E-state index contributed by atoms with van der Waals surface area (Å²) in [6, 6.07) is 8.16. The van der Waals surface area contributed by atoms with Crippen LogP contribution in [0.2, 0.25) is 0 Å². The molecule has 3 saturated carbocycles. The standard InChI is InChI=1S/C32H40N2O3/c1-31-11-9-25(35)20-24(31)7-8-27-28(31)10-12-32(2)29(27)19-23(30(32)36)17-22-5-3-6-26(18-22)37-16-4-14-34-15-13-33-21-34/h3,5-7,13,15,17-18,21,25,27-29,35H,4,8-12,14,16,19-20H2,1-2H3/b23-17+/t25-,27+,28-,29-,31-,32-/m0/s1. The largest absolute Gasteiger partial charge is 0.494 e. The van der Waals surface area contributed by atoms with E-state index < -0.39 is 0 Å². The molecule has 0 aliphatic heterocycles. The van der Waals surface area contributed by atoms with Crippen molar-refractivity contribution in [2.45, 2.75) is 77.9 Å². The Morgan fingerprint density at radius 2 is 2.03 bits per heavy atom. The van der Waals surface area contributed by atoms with E-state index in [1.54, 1.807) is 6.20 Å². The number of ketones is 1. The van der Waals surface area contributed by atoms with Gasteiger partial charge in [0.1, 0.15) is 5.75 Å². The van der Waals surface area contributed by atoms with Crippen molar-refractivity contribution in [3.8, 4) is 5.75 Å². The van der Waals surface area contributed by atoms with Gasteiger partial charge in [0.15, 0.2) is 5.78 Å². The highest BCUT2D eigenvalue weighted by atomic mass is 16.5. The van der Waals surface area contributed by atoms with Gasteiger partial charge in [-0.05, 0) is 104 Å². The number of rotatable bonds is 6. The number of ether oxygens (including phenoxy) is 1. The van der Waals surface area contributed by atoms with Crippen LogP contribution >= 0.6 is 0 Å². The number of benzene rings is 1. The molecule has 0 bridgehead atoms. The van der Waals surface area contributed by atoms with Crippen LogP contribution in [0.3, 0.4) is 0 Å². The number of hydrogen-bond acceptors (Lipinski definition) is 4. The van der Waals surface area contributed by atoms with Crippen molar-refractivity contribution in [1.29, 1.82) is 0 Å². The molecule has 5 heteroatoms. The minimum atomic E-state index is -0.246. The van der Waals surface area contributed by atoms with Crippen LogP contribution in [0.1, 0.15) is 70.8 Å². The van der Waals surface area contributed by atoms with E-state index in [1.165, 1.54) is 5.57 Å². The first-order valence-electron chi connectivity index (χ1n) is 14.2. The number of aryl methyl sites for hydroxylation is 1. The Kier molecular flexibility index (Phi) is 6.38. The fraction of sp³-hybridized carbons (Fsp3) is 0.562. The number of carbonyl (C=O) groups excluding carboxylic acids is 1.